The predicted octanol–water partition coefficient (Wildman–Crippen LogP) is 2.64. The number of hydrogen-bond acceptors (Lipinski definition) is 2. The van der Waals surface area contributed by atoms with Crippen molar-refractivity contribution in [1.82, 2.24) is 10.2 Å². The summed E-state index contributed by atoms with van der Waals surface area (Å²) < 4.78 is 0. The summed E-state index contributed by atoms with van der Waals surface area (Å²) in [5.41, 5.74) is 2.84. The van der Waals surface area contributed by atoms with Gasteiger partial charge in [-0.25, -0.2) is 0 Å². The van der Waals surface area contributed by atoms with Gasteiger partial charge in [-0.3, -0.25) is 0 Å². The molecule has 1 fully saturated rings. The Morgan fingerprint density at radius 1 is 1.11 bits per heavy atom. The van der Waals surface area contributed by atoms with E-state index >= 15 is 0 Å². The lowest BCUT2D eigenvalue weighted by Crippen LogP contribution is -2.45. The molecule has 0 aliphatic carbocycles. The van der Waals surface area contributed by atoms with Crippen molar-refractivity contribution in [3.8, 4) is 0 Å². The standard InChI is InChI=1S/C16H26N2/c1-13(2)16(12-18-10-8-17-9-11-18)15-6-4-14(3)5-7-15/h4-7,13,16-17H,8-12H2,1-3H3. The third kappa shape index (κ3) is 3.56. The molecule has 1 unspecified atom stereocenters. The largest absolute Gasteiger partial charge is 0.314 e. The lowest BCUT2D eigenvalue weighted by Gasteiger charge is -2.32. The Morgan fingerprint density at radius 3 is 2.28 bits per heavy atom. The third-order valence-corrected chi connectivity index (χ3v) is 3.97. The first-order valence-electron chi connectivity index (χ1n) is 7.16. The molecule has 1 heterocycles. The van der Waals surface area contributed by atoms with Gasteiger partial charge in [-0.1, -0.05) is 43.7 Å². The molecule has 18 heavy (non-hydrogen) atoms. The molecule has 1 N–H and O–H groups in total. The van der Waals surface area contributed by atoms with E-state index < -0.39 is 0 Å². The molecule has 0 spiro atoms. The van der Waals surface area contributed by atoms with Gasteiger partial charge < -0.3 is 10.2 Å². The maximum atomic E-state index is 3.42. The summed E-state index contributed by atoms with van der Waals surface area (Å²) in [7, 11) is 0. The van der Waals surface area contributed by atoms with Crippen molar-refractivity contribution in [2.45, 2.75) is 26.7 Å². The van der Waals surface area contributed by atoms with Gasteiger partial charge in [0.05, 0.1) is 0 Å². The Bertz CT molecular complexity index is 350. The molecule has 2 rings (SSSR count). The van der Waals surface area contributed by atoms with Crippen LogP contribution in [0.15, 0.2) is 24.3 Å². The molecule has 0 amide bonds. The number of hydrogen-bond donors (Lipinski definition) is 1. The van der Waals surface area contributed by atoms with E-state index in [0.717, 1.165) is 13.1 Å². The molecular formula is C16H26N2. The number of benzene rings is 1. The molecule has 1 saturated heterocycles. The zero-order valence-electron chi connectivity index (χ0n) is 11.9. The summed E-state index contributed by atoms with van der Waals surface area (Å²) in [5, 5.41) is 3.42. The lowest BCUT2D eigenvalue weighted by atomic mass is 9.87. The van der Waals surface area contributed by atoms with Crippen LogP contribution in [0.1, 0.15) is 30.9 Å². The lowest BCUT2D eigenvalue weighted by molar-refractivity contribution is 0.212. The van der Waals surface area contributed by atoms with Gasteiger partial charge in [-0.15, -0.1) is 0 Å². The highest BCUT2D eigenvalue weighted by Gasteiger charge is 2.20. The molecule has 1 aromatic carbocycles. The number of rotatable bonds is 4. The first-order valence-corrected chi connectivity index (χ1v) is 7.16. The summed E-state index contributed by atoms with van der Waals surface area (Å²) in [4.78, 5) is 2.60. The molecule has 1 aromatic rings. The molecule has 2 heteroatoms. The zero-order valence-corrected chi connectivity index (χ0v) is 11.9. The Morgan fingerprint density at radius 2 is 1.72 bits per heavy atom. The number of nitrogens with zero attached hydrogens (tertiary/aromatic N) is 1. The molecule has 0 radical (unpaired) electrons. The van der Waals surface area contributed by atoms with Crippen molar-refractivity contribution in [2.24, 2.45) is 5.92 Å². The van der Waals surface area contributed by atoms with Crippen LogP contribution in [0.5, 0.6) is 0 Å². The Labute approximate surface area is 111 Å². The molecule has 0 bridgehead atoms. The second-order valence-electron chi connectivity index (χ2n) is 5.81. The summed E-state index contributed by atoms with van der Waals surface area (Å²) in [6, 6.07) is 9.09. The molecule has 1 aliphatic rings. The van der Waals surface area contributed by atoms with E-state index in [9.17, 15) is 0 Å². The van der Waals surface area contributed by atoms with Crippen LogP contribution in [0.2, 0.25) is 0 Å². The van der Waals surface area contributed by atoms with Crippen molar-refractivity contribution in [1.29, 1.82) is 0 Å². The van der Waals surface area contributed by atoms with Crippen molar-refractivity contribution < 1.29 is 0 Å². The van der Waals surface area contributed by atoms with Crippen LogP contribution >= 0.6 is 0 Å². The molecule has 1 atom stereocenters. The molecule has 0 aromatic heterocycles. The SMILES string of the molecule is Cc1ccc(C(CN2CCNCC2)C(C)C)cc1. The predicted molar refractivity (Wildman–Crippen MR) is 78.1 cm³/mol. The molecule has 100 valence electrons. The van der Waals surface area contributed by atoms with E-state index in [1.54, 1.807) is 0 Å². The Balaban J connectivity index is 2.05. The topological polar surface area (TPSA) is 15.3 Å². The zero-order chi connectivity index (χ0) is 13.0. The van der Waals surface area contributed by atoms with Crippen LogP contribution in [0.25, 0.3) is 0 Å². The van der Waals surface area contributed by atoms with Crippen LogP contribution in [-0.4, -0.2) is 37.6 Å². The fraction of sp³-hybridized carbons (Fsp3) is 0.625. The van der Waals surface area contributed by atoms with E-state index in [2.05, 4.69) is 55.3 Å². The van der Waals surface area contributed by atoms with Crippen LogP contribution in [0.3, 0.4) is 0 Å². The van der Waals surface area contributed by atoms with Crippen molar-refractivity contribution in [3.63, 3.8) is 0 Å². The van der Waals surface area contributed by atoms with Crippen LogP contribution < -0.4 is 5.32 Å². The number of piperazine rings is 1. The second-order valence-corrected chi connectivity index (χ2v) is 5.81. The normalized spacial score (nSPS) is 19.1. The van der Waals surface area contributed by atoms with E-state index in [1.807, 2.05) is 0 Å². The highest BCUT2D eigenvalue weighted by atomic mass is 15.2. The number of nitrogens with one attached hydrogen (secondary N) is 1. The Hall–Kier alpha value is -0.860. The molecule has 1 aliphatic heterocycles. The molecule has 2 nitrogen and oxygen atoms in total. The second kappa shape index (κ2) is 6.35. The maximum Gasteiger partial charge on any atom is 0.0108 e. The van der Waals surface area contributed by atoms with E-state index in [4.69, 9.17) is 0 Å². The van der Waals surface area contributed by atoms with Crippen molar-refractivity contribution >= 4 is 0 Å². The van der Waals surface area contributed by atoms with E-state index in [1.165, 1.54) is 30.8 Å². The maximum absolute atomic E-state index is 3.42. The van der Waals surface area contributed by atoms with Crippen LogP contribution in [0.4, 0.5) is 0 Å². The van der Waals surface area contributed by atoms with Gasteiger partial charge in [0, 0.05) is 32.7 Å². The summed E-state index contributed by atoms with van der Waals surface area (Å²) in [6.45, 7) is 12.7. The average Bonchev–Trinajstić information content (AvgIpc) is 2.38. The van der Waals surface area contributed by atoms with Crippen LogP contribution in [0, 0.1) is 12.8 Å². The fourth-order valence-corrected chi connectivity index (χ4v) is 2.69. The van der Waals surface area contributed by atoms with E-state index in [-0.39, 0.29) is 0 Å². The quantitative estimate of drug-likeness (QED) is 0.878. The highest BCUT2D eigenvalue weighted by Crippen LogP contribution is 2.26. The first kappa shape index (κ1) is 13.6. The minimum Gasteiger partial charge on any atom is -0.314 e. The van der Waals surface area contributed by atoms with Gasteiger partial charge in [0.2, 0.25) is 0 Å². The summed E-state index contributed by atoms with van der Waals surface area (Å²) >= 11 is 0. The minimum atomic E-state index is 0.656. The smallest absolute Gasteiger partial charge is 0.0108 e. The van der Waals surface area contributed by atoms with Gasteiger partial charge in [-0.2, -0.15) is 0 Å². The third-order valence-electron chi connectivity index (χ3n) is 3.97. The molecular weight excluding hydrogens is 220 g/mol. The van der Waals surface area contributed by atoms with Gasteiger partial charge in [0.1, 0.15) is 0 Å². The summed E-state index contributed by atoms with van der Waals surface area (Å²) in [6.07, 6.45) is 0. The van der Waals surface area contributed by atoms with Gasteiger partial charge in [0.15, 0.2) is 0 Å². The van der Waals surface area contributed by atoms with E-state index in [0.29, 0.717) is 11.8 Å². The first-order chi connectivity index (χ1) is 8.66. The Kier molecular flexibility index (Phi) is 4.79. The van der Waals surface area contributed by atoms with Crippen molar-refractivity contribution in [3.05, 3.63) is 35.4 Å². The van der Waals surface area contributed by atoms with Crippen LogP contribution in [-0.2, 0) is 0 Å². The van der Waals surface area contributed by atoms with Gasteiger partial charge in [0.25, 0.3) is 0 Å². The average molecular weight is 246 g/mol. The van der Waals surface area contributed by atoms with Crippen molar-refractivity contribution in [2.75, 3.05) is 32.7 Å². The molecule has 0 saturated carbocycles. The minimum absolute atomic E-state index is 0.656. The van der Waals surface area contributed by atoms with Gasteiger partial charge in [-0.05, 0) is 24.3 Å². The highest BCUT2D eigenvalue weighted by molar-refractivity contribution is 5.25. The summed E-state index contributed by atoms with van der Waals surface area (Å²) in [5.74, 6) is 1.35. The number of aryl methyl sites for hydroxylation is 1. The van der Waals surface area contributed by atoms with Gasteiger partial charge >= 0.3 is 0 Å². The fourth-order valence-electron chi connectivity index (χ4n) is 2.69. The monoisotopic (exact) mass is 246 g/mol.